The first kappa shape index (κ1) is 18.5. The molecule has 0 radical (unpaired) electrons. The third-order valence-electron chi connectivity index (χ3n) is 4.56. The summed E-state index contributed by atoms with van der Waals surface area (Å²) < 4.78 is 9.52. The normalized spacial score (nSPS) is 11.6. The third kappa shape index (κ3) is 3.03. The van der Waals surface area contributed by atoms with Crippen molar-refractivity contribution in [3.63, 3.8) is 0 Å². The first-order chi connectivity index (χ1) is 12.9. The summed E-state index contributed by atoms with van der Waals surface area (Å²) in [7, 11) is 3.28. The van der Waals surface area contributed by atoms with E-state index in [1.165, 1.54) is 9.13 Å². The van der Waals surface area contributed by atoms with Crippen LogP contribution in [-0.2, 0) is 20.1 Å². The van der Waals surface area contributed by atoms with Crippen LogP contribution in [0.4, 0.5) is 0 Å². The fourth-order valence-electron chi connectivity index (χ4n) is 3.05. The average molecular weight is 370 g/mol. The van der Waals surface area contributed by atoms with Crippen molar-refractivity contribution in [2.75, 3.05) is 7.11 Å². The number of phenolic OH excluding ortho intramolecular Hbond substituents is 1. The number of fused-ring (bicyclic) bond motifs is 1. The van der Waals surface area contributed by atoms with Gasteiger partial charge in [-0.05, 0) is 44.2 Å². The van der Waals surface area contributed by atoms with Crippen LogP contribution in [0.2, 0.25) is 0 Å². The van der Waals surface area contributed by atoms with Crippen LogP contribution in [0.15, 0.2) is 27.8 Å². The lowest BCUT2D eigenvalue weighted by Gasteiger charge is -2.08. The van der Waals surface area contributed by atoms with Crippen LogP contribution in [-0.4, -0.2) is 30.9 Å². The second-order valence-electron chi connectivity index (χ2n) is 6.04. The quantitative estimate of drug-likeness (QED) is 0.740. The Bertz CT molecular complexity index is 1150. The van der Waals surface area contributed by atoms with E-state index in [0.29, 0.717) is 41.4 Å². The molecule has 0 bridgehead atoms. The second kappa shape index (κ2) is 7.14. The van der Waals surface area contributed by atoms with Crippen molar-refractivity contribution in [3.05, 3.63) is 50.4 Å². The molecule has 2 aromatic heterocycles. The SMILES string of the molecule is CCn1c(=O)c2c(nc(C=Cc3cc(OC)ccc3O)n2C)n(CC)c1=O. The highest BCUT2D eigenvalue weighted by Crippen LogP contribution is 2.25. The Labute approximate surface area is 155 Å². The van der Waals surface area contributed by atoms with Gasteiger partial charge in [-0.25, -0.2) is 9.78 Å². The third-order valence-corrected chi connectivity index (χ3v) is 4.56. The van der Waals surface area contributed by atoms with Gasteiger partial charge in [-0.2, -0.15) is 0 Å². The molecular formula is C19H22N4O4. The van der Waals surface area contributed by atoms with E-state index in [1.807, 2.05) is 6.92 Å². The molecule has 8 nitrogen and oxygen atoms in total. The molecule has 142 valence electrons. The zero-order valence-corrected chi connectivity index (χ0v) is 15.8. The van der Waals surface area contributed by atoms with E-state index in [0.717, 1.165) is 0 Å². The van der Waals surface area contributed by atoms with Crippen molar-refractivity contribution in [2.24, 2.45) is 7.05 Å². The lowest BCUT2D eigenvalue weighted by atomic mass is 10.1. The van der Waals surface area contributed by atoms with Crippen LogP contribution in [0, 0.1) is 0 Å². The van der Waals surface area contributed by atoms with Crippen LogP contribution in [0.1, 0.15) is 25.2 Å². The van der Waals surface area contributed by atoms with Gasteiger partial charge in [0.05, 0.1) is 7.11 Å². The van der Waals surface area contributed by atoms with Gasteiger partial charge in [0.1, 0.15) is 17.3 Å². The average Bonchev–Trinajstić information content (AvgIpc) is 2.98. The molecule has 0 aliphatic rings. The van der Waals surface area contributed by atoms with E-state index < -0.39 is 0 Å². The maximum Gasteiger partial charge on any atom is 0.332 e. The molecule has 3 aromatic rings. The molecule has 0 aliphatic carbocycles. The van der Waals surface area contributed by atoms with Gasteiger partial charge in [0.15, 0.2) is 11.2 Å². The molecular weight excluding hydrogens is 348 g/mol. The number of imidazole rings is 1. The summed E-state index contributed by atoms with van der Waals surface area (Å²) >= 11 is 0. The van der Waals surface area contributed by atoms with E-state index in [9.17, 15) is 14.7 Å². The number of aromatic nitrogens is 4. The van der Waals surface area contributed by atoms with Crippen LogP contribution >= 0.6 is 0 Å². The standard InChI is InChI=1S/C19H22N4O4/c1-5-22-17-16(18(25)23(6-2)19(22)26)21(3)15(20-17)10-7-12-11-13(27-4)8-9-14(12)24/h7-11,24H,5-6H2,1-4H3. The lowest BCUT2D eigenvalue weighted by molar-refractivity contribution is 0.412. The predicted octanol–water partition coefficient (Wildman–Crippen LogP) is 1.82. The number of ether oxygens (including phenoxy) is 1. The van der Waals surface area contributed by atoms with Crippen molar-refractivity contribution >= 4 is 23.3 Å². The Morgan fingerprint density at radius 2 is 1.85 bits per heavy atom. The zero-order chi connectivity index (χ0) is 19.7. The minimum absolute atomic E-state index is 0.101. The summed E-state index contributed by atoms with van der Waals surface area (Å²) in [5, 5.41) is 10.0. The smallest absolute Gasteiger partial charge is 0.332 e. The van der Waals surface area contributed by atoms with Crippen molar-refractivity contribution < 1.29 is 9.84 Å². The maximum atomic E-state index is 12.7. The monoisotopic (exact) mass is 370 g/mol. The summed E-state index contributed by atoms with van der Waals surface area (Å²) in [5.41, 5.74) is 0.555. The Hall–Kier alpha value is -3.29. The predicted molar refractivity (Wildman–Crippen MR) is 104 cm³/mol. The van der Waals surface area contributed by atoms with Crippen molar-refractivity contribution in [1.29, 1.82) is 0 Å². The molecule has 0 amide bonds. The van der Waals surface area contributed by atoms with Crippen molar-refractivity contribution in [2.45, 2.75) is 26.9 Å². The number of hydrogen-bond acceptors (Lipinski definition) is 5. The highest BCUT2D eigenvalue weighted by atomic mass is 16.5. The van der Waals surface area contributed by atoms with E-state index >= 15 is 0 Å². The van der Waals surface area contributed by atoms with Crippen LogP contribution in [0.3, 0.4) is 0 Å². The van der Waals surface area contributed by atoms with Gasteiger partial charge < -0.3 is 14.4 Å². The highest BCUT2D eigenvalue weighted by molar-refractivity contribution is 5.77. The van der Waals surface area contributed by atoms with E-state index in [-0.39, 0.29) is 17.0 Å². The number of nitrogens with zero attached hydrogens (tertiary/aromatic N) is 4. The summed E-state index contributed by atoms with van der Waals surface area (Å²) in [4.78, 5) is 29.7. The molecule has 0 aliphatic heterocycles. The molecule has 1 N–H and O–H groups in total. The van der Waals surface area contributed by atoms with E-state index in [1.54, 1.807) is 56.0 Å². The molecule has 0 saturated heterocycles. The highest BCUT2D eigenvalue weighted by Gasteiger charge is 2.17. The summed E-state index contributed by atoms with van der Waals surface area (Å²) in [6.07, 6.45) is 3.38. The number of benzene rings is 1. The van der Waals surface area contributed by atoms with Gasteiger partial charge in [0, 0.05) is 25.7 Å². The zero-order valence-electron chi connectivity index (χ0n) is 15.8. The number of rotatable bonds is 5. The molecule has 0 unspecified atom stereocenters. The molecule has 0 saturated carbocycles. The molecule has 0 spiro atoms. The first-order valence-electron chi connectivity index (χ1n) is 8.68. The number of hydrogen-bond donors (Lipinski definition) is 1. The summed E-state index contributed by atoms with van der Waals surface area (Å²) in [5.74, 6) is 1.22. The van der Waals surface area contributed by atoms with E-state index in [2.05, 4.69) is 4.98 Å². The molecule has 1 aromatic carbocycles. The molecule has 27 heavy (non-hydrogen) atoms. The van der Waals surface area contributed by atoms with Gasteiger partial charge in [-0.1, -0.05) is 0 Å². The summed E-state index contributed by atoms with van der Waals surface area (Å²) in [6.45, 7) is 4.30. The Morgan fingerprint density at radius 3 is 2.48 bits per heavy atom. The maximum absolute atomic E-state index is 12.7. The number of aryl methyl sites for hydroxylation is 2. The van der Waals surface area contributed by atoms with E-state index in [4.69, 9.17) is 4.74 Å². The van der Waals surface area contributed by atoms with Gasteiger partial charge in [0.25, 0.3) is 5.56 Å². The van der Waals surface area contributed by atoms with Crippen molar-refractivity contribution in [1.82, 2.24) is 18.7 Å². The van der Waals surface area contributed by atoms with Gasteiger partial charge in [-0.15, -0.1) is 0 Å². The number of aromatic hydroxyl groups is 1. The first-order valence-corrected chi connectivity index (χ1v) is 8.68. The van der Waals surface area contributed by atoms with Crippen LogP contribution < -0.4 is 16.0 Å². The van der Waals surface area contributed by atoms with Crippen molar-refractivity contribution in [3.8, 4) is 11.5 Å². The Kier molecular flexibility index (Phi) is 4.89. The molecule has 8 heteroatoms. The fraction of sp³-hybridized carbons (Fsp3) is 0.316. The minimum atomic E-state index is -0.364. The molecule has 2 heterocycles. The topological polar surface area (TPSA) is 91.3 Å². The second-order valence-corrected chi connectivity index (χ2v) is 6.04. The van der Waals surface area contributed by atoms with Gasteiger partial charge in [0.2, 0.25) is 0 Å². The Balaban J connectivity index is 2.20. The number of phenols is 1. The number of methoxy groups -OCH3 is 1. The van der Waals surface area contributed by atoms with Crippen LogP contribution in [0.25, 0.3) is 23.3 Å². The molecule has 0 atom stereocenters. The van der Waals surface area contributed by atoms with Gasteiger partial charge in [-0.3, -0.25) is 13.9 Å². The molecule has 0 fully saturated rings. The minimum Gasteiger partial charge on any atom is -0.507 e. The van der Waals surface area contributed by atoms with Crippen LogP contribution in [0.5, 0.6) is 11.5 Å². The molecule has 3 rings (SSSR count). The summed E-state index contributed by atoms with van der Waals surface area (Å²) in [6, 6.07) is 4.90. The van der Waals surface area contributed by atoms with Gasteiger partial charge >= 0.3 is 5.69 Å². The Morgan fingerprint density at radius 1 is 1.15 bits per heavy atom. The lowest BCUT2D eigenvalue weighted by Crippen LogP contribution is -2.39. The fourth-order valence-corrected chi connectivity index (χ4v) is 3.05. The largest absolute Gasteiger partial charge is 0.507 e.